The number of nitrogens with two attached hydrogens (primary N) is 1. The molecule has 0 bridgehead atoms. The molecule has 3 aromatic carbocycles. The van der Waals surface area contributed by atoms with Crippen molar-refractivity contribution in [3.8, 4) is 11.1 Å². The molecule has 0 radical (unpaired) electrons. The van der Waals surface area contributed by atoms with Crippen molar-refractivity contribution in [2.24, 2.45) is 0 Å². The van der Waals surface area contributed by atoms with Gasteiger partial charge in [-0.15, -0.1) is 0 Å². The third kappa shape index (κ3) is 3.63. The Morgan fingerprint density at radius 2 is 1.52 bits per heavy atom. The second-order valence-electron chi connectivity index (χ2n) is 5.15. The van der Waals surface area contributed by atoms with E-state index in [1.165, 1.54) is 0 Å². The first-order chi connectivity index (χ1) is 11.3. The van der Waals surface area contributed by atoms with Gasteiger partial charge in [0.25, 0.3) is 5.91 Å². The summed E-state index contributed by atoms with van der Waals surface area (Å²) in [7, 11) is 0. The molecule has 114 valence electrons. The maximum atomic E-state index is 12.3. The molecular formula is C19H17N2O2+. The van der Waals surface area contributed by atoms with Gasteiger partial charge in [-0.3, -0.25) is 4.79 Å². The first-order valence-corrected chi connectivity index (χ1v) is 7.30. The maximum Gasteiger partial charge on any atom is 0.255 e. The molecule has 3 rings (SSSR count). The zero-order valence-corrected chi connectivity index (χ0v) is 12.4. The highest BCUT2D eigenvalue weighted by atomic mass is 16.5. The van der Waals surface area contributed by atoms with Gasteiger partial charge in [-0.2, -0.15) is 5.48 Å². The number of rotatable bonds is 4. The van der Waals surface area contributed by atoms with Gasteiger partial charge in [0.05, 0.1) is 0 Å². The Morgan fingerprint density at radius 3 is 2.22 bits per heavy atom. The van der Waals surface area contributed by atoms with Gasteiger partial charge in [0.2, 0.25) is 0 Å². The van der Waals surface area contributed by atoms with Gasteiger partial charge in [-0.25, -0.2) is 5.21 Å². The molecule has 0 aliphatic rings. The van der Waals surface area contributed by atoms with E-state index in [1.54, 1.807) is 36.4 Å². The van der Waals surface area contributed by atoms with E-state index in [1.807, 2.05) is 42.5 Å². The molecule has 4 nitrogen and oxygen atoms in total. The van der Waals surface area contributed by atoms with Gasteiger partial charge in [-0.05, 0) is 29.3 Å². The van der Waals surface area contributed by atoms with Crippen LogP contribution in [0, 0.1) is 0 Å². The third-order valence-corrected chi connectivity index (χ3v) is 3.55. The standard InChI is InChI=1S/C19H16N2O2/c22-19(20-17-7-4-8-18(13-17)21-23)16-11-9-15(10-12-16)14-5-2-1-3-6-14/h1-13,21,23H,(H,20,22)/p+1. The van der Waals surface area contributed by atoms with Crippen LogP contribution in [-0.2, 0) is 0 Å². The Balaban J connectivity index is 1.75. The van der Waals surface area contributed by atoms with Crippen molar-refractivity contribution in [1.82, 2.24) is 0 Å². The number of amides is 1. The van der Waals surface area contributed by atoms with Crippen LogP contribution in [0.3, 0.4) is 0 Å². The van der Waals surface area contributed by atoms with Crippen molar-refractivity contribution in [2.45, 2.75) is 0 Å². The fraction of sp³-hybridized carbons (Fsp3) is 0. The van der Waals surface area contributed by atoms with E-state index in [-0.39, 0.29) is 5.91 Å². The quantitative estimate of drug-likeness (QED) is 0.512. The lowest BCUT2D eigenvalue weighted by Crippen LogP contribution is -2.73. The van der Waals surface area contributed by atoms with E-state index >= 15 is 0 Å². The van der Waals surface area contributed by atoms with Crippen LogP contribution in [0.5, 0.6) is 0 Å². The summed E-state index contributed by atoms with van der Waals surface area (Å²) < 4.78 is 0. The maximum absolute atomic E-state index is 12.3. The van der Waals surface area contributed by atoms with Gasteiger partial charge in [0.15, 0.2) is 5.69 Å². The summed E-state index contributed by atoms with van der Waals surface area (Å²) in [5, 5.41) is 11.8. The summed E-state index contributed by atoms with van der Waals surface area (Å²) in [6.07, 6.45) is 0. The lowest BCUT2D eigenvalue weighted by atomic mass is 10.0. The van der Waals surface area contributed by atoms with E-state index < -0.39 is 0 Å². The second-order valence-corrected chi connectivity index (χ2v) is 5.15. The minimum atomic E-state index is -0.181. The molecule has 0 aromatic heterocycles. The zero-order valence-electron chi connectivity index (χ0n) is 12.4. The first-order valence-electron chi connectivity index (χ1n) is 7.30. The number of anilines is 1. The summed E-state index contributed by atoms with van der Waals surface area (Å²) in [5.74, 6) is -0.181. The molecule has 0 fully saturated rings. The van der Waals surface area contributed by atoms with Crippen molar-refractivity contribution < 1.29 is 15.5 Å². The molecule has 1 amide bonds. The van der Waals surface area contributed by atoms with Crippen LogP contribution >= 0.6 is 0 Å². The molecule has 0 atom stereocenters. The van der Waals surface area contributed by atoms with Gasteiger partial charge in [0, 0.05) is 23.4 Å². The molecule has 0 saturated carbocycles. The van der Waals surface area contributed by atoms with E-state index in [9.17, 15) is 4.79 Å². The number of carbonyl (C=O) groups is 1. The van der Waals surface area contributed by atoms with E-state index in [2.05, 4.69) is 5.32 Å². The summed E-state index contributed by atoms with van der Waals surface area (Å²) in [6.45, 7) is 0. The minimum Gasteiger partial charge on any atom is -0.322 e. The number of nitrogens with one attached hydrogen (secondary N) is 1. The van der Waals surface area contributed by atoms with E-state index in [4.69, 9.17) is 5.21 Å². The van der Waals surface area contributed by atoms with E-state index in [0.717, 1.165) is 16.6 Å². The summed E-state index contributed by atoms with van der Waals surface area (Å²) >= 11 is 0. The Kier molecular flexibility index (Phi) is 4.47. The van der Waals surface area contributed by atoms with Crippen molar-refractivity contribution in [3.63, 3.8) is 0 Å². The summed E-state index contributed by atoms with van der Waals surface area (Å²) in [5.41, 5.74) is 5.06. The number of benzene rings is 3. The molecule has 23 heavy (non-hydrogen) atoms. The molecule has 0 spiro atoms. The summed E-state index contributed by atoms with van der Waals surface area (Å²) in [4.78, 5) is 12.3. The highest BCUT2D eigenvalue weighted by Crippen LogP contribution is 2.20. The van der Waals surface area contributed by atoms with Crippen LogP contribution in [0.1, 0.15) is 10.4 Å². The van der Waals surface area contributed by atoms with Crippen LogP contribution in [0.4, 0.5) is 11.4 Å². The summed E-state index contributed by atoms with van der Waals surface area (Å²) in [6, 6.07) is 24.5. The van der Waals surface area contributed by atoms with Crippen LogP contribution in [-0.4, -0.2) is 11.1 Å². The largest absolute Gasteiger partial charge is 0.322 e. The predicted octanol–water partition coefficient (Wildman–Crippen LogP) is 3.19. The molecule has 4 heteroatoms. The number of carbonyl (C=O) groups excluding carboxylic acids is 1. The molecule has 0 aliphatic heterocycles. The Morgan fingerprint density at radius 1 is 0.826 bits per heavy atom. The molecular weight excluding hydrogens is 288 g/mol. The van der Waals surface area contributed by atoms with Crippen LogP contribution in [0.25, 0.3) is 11.1 Å². The van der Waals surface area contributed by atoms with Crippen molar-refractivity contribution in [3.05, 3.63) is 84.4 Å². The number of hydrogen-bond acceptors (Lipinski definition) is 2. The topological polar surface area (TPSA) is 65.9 Å². The zero-order chi connectivity index (χ0) is 16.1. The van der Waals surface area contributed by atoms with Crippen molar-refractivity contribution >= 4 is 17.3 Å². The normalized spacial score (nSPS) is 10.3. The molecule has 0 unspecified atom stereocenters. The molecule has 0 saturated heterocycles. The van der Waals surface area contributed by atoms with Gasteiger partial charge in [0.1, 0.15) is 0 Å². The Hall–Kier alpha value is -2.95. The highest BCUT2D eigenvalue weighted by molar-refractivity contribution is 6.04. The minimum absolute atomic E-state index is 0.181. The fourth-order valence-electron chi connectivity index (χ4n) is 2.34. The monoisotopic (exact) mass is 305 g/mol. The second kappa shape index (κ2) is 6.87. The number of hydrogen-bond donors (Lipinski definition) is 3. The van der Waals surface area contributed by atoms with Gasteiger partial charge < -0.3 is 5.32 Å². The molecule has 0 aliphatic carbocycles. The highest BCUT2D eigenvalue weighted by Gasteiger charge is 2.07. The van der Waals surface area contributed by atoms with E-state index in [0.29, 0.717) is 16.9 Å². The Labute approximate surface area is 134 Å². The fourth-order valence-corrected chi connectivity index (χ4v) is 2.34. The lowest BCUT2D eigenvalue weighted by molar-refractivity contribution is -0.825. The average molecular weight is 305 g/mol. The van der Waals surface area contributed by atoms with Crippen LogP contribution in [0.15, 0.2) is 78.9 Å². The SMILES string of the molecule is O=C(Nc1cccc([NH2+]O)c1)c1ccc(-c2ccccc2)cc1. The van der Waals surface area contributed by atoms with Crippen molar-refractivity contribution in [1.29, 1.82) is 0 Å². The first kappa shape index (κ1) is 15.0. The average Bonchev–Trinajstić information content (AvgIpc) is 2.63. The predicted molar refractivity (Wildman–Crippen MR) is 89.6 cm³/mol. The van der Waals surface area contributed by atoms with Crippen LogP contribution < -0.4 is 10.8 Å². The lowest BCUT2D eigenvalue weighted by Gasteiger charge is -2.07. The third-order valence-electron chi connectivity index (χ3n) is 3.55. The van der Waals surface area contributed by atoms with Gasteiger partial charge >= 0.3 is 0 Å². The molecule has 3 aromatic rings. The van der Waals surface area contributed by atoms with Crippen LogP contribution in [0.2, 0.25) is 0 Å². The van der Waals surface area contributed by atoms with Gasteiger partial charge in [-0.1, -0.05) is 48.5 Å². The Bertz CT molecular complexity index is 799. The molecule has 0 heterocycles. The van der Waals surface area contributed by atoms with Crippen molar-refractivity contribution in [2.75, 3.05) is 5.32 Å². The number of quaternary nitrogens is 1. The molecule has 4 N–H and O–H groups in total. The smallest absolute Gasteiger partial charge is 0.255 e.